The fraction of sp³-hybridized carbons (Fsp3) is 0.333. The van der Waals surface area contributed by atoms with Crippen LogP contribution in [-0.2, 0) is 0 Å². The smallest absolute Gasteiger partial charge is 0.162 e. The molecule has 1 aliphatic carbocycles. The first kappa shape index (κ1) is 11.4. The van der Waals surface area contributed by atoms with E-state index in [4.69, 9.17) is 10.7 Å². The molecule has 17 heavy (non-hydrogen) atoms. The molecule has 2 aromatic rings. The fourth-order valence-electron chi connectivity index (χ4n) is 1.82. The summed E-state index contributed by atoms with van der Waals surface area (Å²) in [7, 11) is 0. The number of aromatic nitrogens is 2. The van der Waals surface area contributed by atoms with Crippen LogP contribution < -0.4 is 5.73 Å². The van der Waals surface area contributed by atoms with Crippen LogP contribution in [0.4, 0.5) is 5.82 Å². The highest BCUT2D eigenvalue weighted by Crippen LogP contribution is 2.42. The number of nitrogens with zero attached hydrogens (tertiary/aromatic N) is 2. The summed E-state index contributed by atoms with van der Waals surface area (Å²) >= 11 is 3.93. The maximum absolute atomic E-state index is 5.99. The van der Waals surface area contributed by atoms with Gasteiger partial charge in [0.15, 0.2) is 5.82 Å². The largest absolute Gasteiger partial charge is 0.383 e. The Hall–Kier alpha value is -0.690. The van der Waals surface area contributed by atoms with E-state index in [1.165, 1.54) is 18.4 Å². The molecule has 0 spiro atoms. The Bertz CT molecular complexity index is 575. The van der Waals surface area contributed by atoms with E-state index in [1.54, 1.807) is 11.3 Å². The average molecular weight is 357 g/mol. The molecule has 2 N–H and O–H groups in total. The molecule has 0 aromatic carbocycles. The molecule has 1 fully saturated rings. The van der Waals surface area contributed by atoms with Crippen LogP contribution in [-0.4, -0.2) is 9.97 Å². The van der Waals surface area contributed by atoms with Gasteiger partial charge in [0.25, 0.3) is 0 Å². The van der Waals surface area contributed by atoms with Crippen molar-refractivity contribution in [1.29, 1.82) is 0 Å². The monoisotopic (exact) mass is 357 g/mol. The third-order valence-corrected chi connectivity index (χ3v) is 4.93. The second-order valence-corrected chi connectivity index (χ2v) is 6.20. The first-order valence-corrected chi connectivity index (χ1v) is 7.55. The van der Waals surface area contributed by atoms with E-state index in [0.29, 0.717) is 11.7 Å². The zero-order valence-electron chi connectivity index (χ0n) is 9.40. The van der Waals surface area contributed by atoms with Gasteiger partial charge in [-0.15, -0.1) is 0 Å². The number of nitrogens with two attached hydrogens (primary N) is 1. The van der Waals surface area contributed by atoms with E-state index in [-0.39, 0.29) is 0 Å². The third kappa shape index (κ3) is 2.06. The average Bonchev–Trinajstić information content (AvgIpc) is 3.05. The SMILES string of the molecule is Cc1cscc1-c1nc(N)c(I)c(C2CC2)n1. The molecule has 0 saturated heterocycles. The zero-order chi connectivity index (χ0) is 12.0. The Labute approximate surface area is 118 Å². The van der Waals surface area contributed by atoms with E-state index >= 15 is 0 Å². The standard InChI is InChI=1S/C12H12IN3S/c1-6-4-17-5-8(6)12-15-10(7-2-3-7)9(13)11(14)16-12/h4-5,7H,2-3H2,1H3,(H2,14,15,16). The van der Waals surface area contributed by atoms with Gasteiger partial charge in [-0.2, -0.15) is 11.3 Å². The lowest BCUT2D eigenvalue weighted by atomic mass is 10.2. The molecule has 0 amide bonds. The molecule has 1 saturated carbocycles. The number of thiophene rings is 1. The quantitative estimate of drug-likeness (QED) is 0.836. The van der Waals surface area contributed by atoms with Gasteiger partial charge in [0, 0.05) is 16.9 Å². The van der Waals surface area contributed by atoms with Crippen molar-refractivity contribution in [1.82, 2.24) is 9.97 Å². The van der Waals surface area contributed by atoms with Gasteiger partial charge in [-0.05, 0) is 53.3 Å². The molecule has 3 rings (SSSR count). The number of hydrogen-bond donors (Lipinski definition) is 1. The van der Waals surface area contributed by atoms with Crippen molar-refractivity contribution in [2.75, 3.05) is 5.73 Å². The second kappa shape index (κ2) is 4.20. The molecule has 2 heterocycles. The van der Waals surface area contributed by atoms with E-state index in [9.17, 15) is 0 Å². The Morgan fingerprint density at radius 2 is 2.12 bits per heavy atom. The van der Waals surface area contributed by atoms with Gasteiger partial charge in [-0.25, -0.2) is 9.97 Å². The van der Waals surface area contributed by atoms with Crippen LogP contribution in [0, 0.1) is 10.5 Å². The van der Waals surface area contributed by atoms with Crippen molar-refractivity contribution in [3.05, 3.63) is 25.6 Å². The van der Waals surface area contributed by atoms with Crippen molar-refractivity contribution in [3.63, 3.8) is 0 Å². The van der Waals surface area contributed by atoms with E-state index in [2.05, 4.69) is 45.3 Å². The van der Waals surface area contributed by atoms with E-state index in [0.717, 1.165) is 20.7 Å². The summed E-state index contributed by atoms with van der Waals surface area (Å²) in [4.78, 5) is 9.12. The Morgan fingerprint density at radius 3 is 2.71 bits per heavy atom. The Balaban J connectivity index is 2.15. The van der Waals surface area contributed by atoms with E-state index in [1.807, 2.05) is 0 Å². The normalized spacial score (nSPS) is 15.2. The molecule has 2 aromatic heterocycles. The topological polar surface area (TPSA) is 51.8 Å². The summed E-state index contributed by atoms with van der Waals surface area (Å²) in [5.41, 5.74) is 9.46. The van der Waals surface area contributed by atoms with Gasteiger partial charge in [-0.1, -0.05) is 0 Å². The predicted octanol–water partition coefficient (Wildman–Crippen LogP) is 3.58. The van der Waals surface area contributed by atoms with Crippen LogP contribution in [0.2, 0.25) is 0 Å². The molecule has 0 unspecified atom stereocenters. The van der Waals surface area contributed by atoms with Gasteiger partial charge < -0.3 is 5.73 Å². The first-order chi connectivity index (χ1) is 8.16. The lowest BCUT2D eigenvalue weighted by Crippen LogP contribution is -2.04. The number of nitrogen functional groups attached to an aromatic ring is 1. The first-order valence-electron chi connectivity index (χ1n) is 5.53. The van der Waals surface area contributed by atoms with Crippen molar-refractivity contribution >= 4 is 39.7 Å². The molecule has 0 aliphatic heterocycles. The minimum Gasteiger partial charge on any atom is -0.383 e. The number of aryl methyl sites for hydroxylation is 1. The van der Waals surface area contributed by atoms with Crippen LogP contribution in [0.5, 0.6) is 0 Å². The summed E-state index contributed by atoms with van der Waals surface area (Å²) in [6.45, 7) is 2.08. The van der Waals surface area contributed by atoms with Gasteiger partial charge in [-0.3, -0.25) is 0 Å². The molecule has 0 bridgehead atoms. The van der Waals surface area contributed by atoms with Crippen LogP contribution in [0.25, 0.3) is 11.4 Å². The highest BCUT2D eigenvalue weighted by molar-refractivity contribution is 14.1. The van der Waals surface area contributed by atoms with Crippen molar-refractivity contribution in [2.45, 2.75) is 25.7 Å². The van der Waals surface area contributed by atoms with Crippen LogP contribution in [0.1, 0.15) is 30.0 Å². The fourth-order valence-corrected chi connectivity index (χ4v) is 3.33. The minimum absolute atomic E-state index is 0.602. The number of anilines is 1. The Kier molecular flexibility index (Phi) is 2.82. The van der Waals surface area contributed by atoms with E-state index < -0.39 is 0 Å². The van der Waals surface area contributed by atoms with Gasteiger partial charge in [0.1, 0.15) is 5.82 Å². The highest BCUT2D eigenvalue weighted by Gasteiger charge is 2.29. The van der Waals surface area contributed by atoms with Gasteiger partial charge in [0.05, 0.1) is 9.26 Å². The second-order valence-electron chi connectivity index (χ2n) is 4.37. The van der Waals surface area contributed by atoms with Crippen molar-refractivity contribution in [3.8, 4) is 11.4 Å². The van der Waals surface area contributed by atoms with Gasteiger partial charge in [0.2, 0.25) is 0 Å². The lowest BCUT2D eigenvalue weighted by Gasteiger charge is -2.08. The maximum atomic E-state index is 5.99. The van der Waals surface area contributed by atoms with Crippen LogP contribution in [0.15, 0.2) is 10.8 Å². The molecular weight excluding hydrogens is 345 g/mol. The maximum Gasteiger partial charge on any atom is 0.162 e. The molecule has 0 atom stereocenters. The highest BCUT2D eigenvalue weighted by atomic mass is 127. The number of halogens is 1. The van der Waals surface area contributed by atoms with Crippen molar-refractivity contribution < 1.29 is 0 Å². The van der Waals surface area contributed by atoms with Crippen LogP contribution in [0.3, 0.4) is 0 Å². The summed E-state index contributed by atoms with van der Waals surface area (Å²) < 4.78 is 1.03. The lowest BCUT2D eigenvalue weighted by molar-refractivity contribution is 0.982. The molecule has 3 nitrogen and oxygen atoms in total. The molecule has 88 valence electrons. The molecule has 0 radical (unpaired) electrons. The summed E-state index contributed by atoms with van der Waals surface area (Å²) in [5, 5.41) is 4.21. The Morgan fingerprint density at radius 1 is 1.35 bits per heavy atom. The summed E-state index contributed by atoms with van der Waals surface area (Å²) in [6.07, 6.45) is 2.46. The number of hydrogen-bond acceptors (Lipinski definition) is 4. The molecule has 5 heteroatoms. The third-order valence-electron chi connectivity index (χ3n) is 2.96. The molecular formula is C12H12IN3S. The number of rotatable bonds is 2. The summed E-state index contributed by atoms with van der Waals surface area (Å²) in [5.74, 6) is 2.00. The van der Waals surface area contributed by atoms with Crippen molar-refractivity contribution in [2.24, 2.45) is 0 Å². The zero-order valence-corrected chi connectivity index (χ0v) is 12.4. The molecule has 1 aliphatic rings. The van der Waals surface area contributed by atoms with Gasteiger partial charge >= 0.3 is 0 Å². The van der Waals surface area contributed by atoms with Crippen LogP contribution >= 0.6 is 33.9 Å². The minimum atomic E-state index is 0.602. The summed E-state index contributed by atoms with van der Waals surface area (Å²) in [6, 6.07) is 0. The predicted molar refractivity (Wildman–Crippen MR) is 79.2 cm³/mol.